The van der Waals surface area contributed by atoms with Crippen molar-refractivity contribution in [3.8, 4) is 0 Å². The van der Waals surface area contributed by atoms with Gasteiger partial charge in [0.2, 0.25) is 5.91 Å². The predicted molar refractivity (Wildman–Crippen MR) is 129 cm³/mol. The number of carbonyl (C=O) groups excluding carboxylic acids is 3. The number of aliphatic imine (C=N–C) groups is 1. The third-order valence-corrected chi connectivity index (χ3v) is 7.74. The largest absolute Gasteiger partial charge is 0.351 e. The second-order valence-electron chi connectivity index (χ2n) is 7.93. The monoisotopic (exact) mass is 470 g/mol. The van der Waals surface area contributed by atoms with Gasteiger partial charge in [-0.1, -0.05) is 17.8 Å². The van der Waals surface area contributed by atoms with Gasteiger partial charge in [0.1, 0.15) is 5.25 Å². The van der Waals surface area contributed by atoms with Crippen LogP contribution in [0.1, 0.15) is 53.9 Å². The number of hydrogen-bond acceptors (Lipinski definition) is 6. The van der Waals surface area contributed by atoms with Crippen LogP contribution in [0.25, 0.3) is 0 Å². The van der Waals surface area contributed by atoms with E-state index in [1.165, 1.54) is 18.2 Å². The highest BCUT2D eigenvalue weighted by molar-refractivity contribution is 8.15. The number of carbonyl (C=O) groups is 3. The van der Waals surface area contributed by atoms with Gasteiger partial charge >= 0.3 is 0 Å². The molecule has 1 fully saturated rings. The van der Waals surface area contributed by atoms with E-state index in [0.29, 0.717) is 11.3 Å². The maximum Gasteiger partial charge on any atom is 0.262 e. The summed E-state index contributed by atoms with van der Waals surface area (Å²) in [4.78, 5) is 44.6. The van der Waals surface area contributed by atoms with Crippen molar-refractivity contribution >= 4 is 51.7 Å². The molecule has 0 spiro atoms. The van der Waals surface area contributed by atoms with Crippen molar-refractivity contribution in [2.24, 2.45) is 4.99 Å². The number of amidine groups is 1. The number of piperidine rings is 1. The van der Waals surface area contributed by atoms with Gasteiger partial charge in [0.05, 0.1) is 6.04 Å². The second-order valence-corrected chi connectivity index (χ2v) is 10.1. The van der Waals surface area contributed by atoms with Crippen LogP contribution in [-0.2, 0) is 9.59 Å². The number of thioether (sulfide) groups is 1. The minimum absolute atomic E-state index is 0.0691. The first-order chi connectivity index (χ1) is 15.5. The molecule has 7 nitrogen and oxygen atoms in total. The molecule has 2 aliphatic heterocycles. The number of nitrogens with one attached hydrogen (secondary N) is 2. The summed E-state index contributed by atoms with van der Waals surface area (Å²) in [5, 5.41) is 8.04. The van der Waals surface area contributed by atoms with E-state index in [1.807, 2.05) is 24.4 Å². The molecule has 2 aliphatic rings. The normalized spacial score (nSPS) is 19.4. The summed E-state index contributed by atoms with van der Waals surface area (Å²) < 4.78 is 0. The molecule has 2 atom stereocenters. The first-order valence-electron chi connectivity index (χ1n) is 10.8. The Bertz CT molecular complexity index is 999. The summed E-state index contributed by atoms with van der Waals surface area (Å²) in [6, 6.07) is 10.6. The smallest absolute Gasteiger partial charge is 0.262 e. The first kappa shape index (κ1) is 22.5. The Kier molecular flexibility index (Phi) is 7.26. The van der Waals surface area contributed by atoms with Gasteiger partial charge in [-0.25, -0.2) is 0 Å². The molecule has 1 saturated heterocycles. The number of rotatable bonds is 6. The van der Waals surface area contributed by atoms with Gasteiger partial charge in [0, 0.05) is 35.6 Å². The molecule has 1 aromatic heterocycles. The Labute approximate surface area is 195 Å². The molecule has 0 bridgehead atoms. The number of amides is 3. The van der Waals surface area contributed by atoms with Crippen molar-refractivity contribution < 1.29 is 14.4 Å². The standard InChI is InChI=1S/C23H26N4O3S2/c1-15(18-6-5-13-31-18)24-21(29)16-7-9-17(10-8-16)25-20(28)14-19-22(30)26-23(32-19)27-11-3-2-4-12-27/h5-10,13,15,19H,2-4,11-12,14H2,1H3,(H,24,29)(H,25,28)/t15-,19+/m1/s1. The molecule has 2 N–H and O–H groups in total. The zero-order valence-electron chi connectivity index (χ0n) is 17.9. The van der Waals surface area contributed by atoms with Gasteiger partial charge in [-0.15, -0.1) is 11.3 Å². The molecular formula is C23H26N4O3S2. The van der Waals surface area contributed by atoms with Crippen molar-refractivity contribution in [1.82, 2.24) is 10.2 Å². The van der Waals surface area contributed by atoms with E-state index >= 15 is 0 Å². The minimum atomic E-state index is -0.476. The summed E-state index contributed by atoms with van der Waals surface area (Å²) in [6.07, 6.45) is 3.51. The Balaban J connectivity index is 1.27. The highest BCUT2D eigenvalue weighted by Crippen LogP contribution is 2.29. The zero-order chi connectivity index (χ0) is 22.5. The highest BCUT2D eigenvalue weighted by atomic mass is 32.2. The number of anilines is 1. The maximum atomic E-state index is 12.5. The van der Waals surface area contributed by atoms with Crippen LogP contribution in [-0.4, -0.2) is 46.1 Å². The summed E-state index contributed by atoms with van der Waals surface area (Å²) in [7, 11) is 0. The number of benzene rings is 1. The SMILES string of the molecule is C[C@@H](NC(=O)c1ccc(NC(=O)C[C@@H]2SC(N3CCCCC3)=NC2=O)cc1)c1cccs1. The van der Waals surface area contributed by atoms with Gasteiger partial charge in [-0.2, -0.15) is 4.99 Å². The number of nitrogens with zero attached hydrogens (tertiary/aromatic N) is 2. The average Bonchev–Trinajstić information content (AvgIpc) is 3.45. The van der Waals surface area contributed by atoms with Gasteiger partial charge < -0.3 is 15.5 Å². The third-order valence-electron chi connectivity index (χ3n) is 5.47. The van der Waals surface area contributed by atoms with Crippen LogP contribution < -0.4 is 10.6 Å². The van der Waals surface area contributed by atoms with E-state index in [2.05, 4.69) is 20.5 Å². The van der Waals surface area contributed by atoms with Crippen LogP contribution in [0.2, 0.25) is 0 Å². The summed E-state index contributed by atoms with van der Waals surface area (Å²) in [5.41, 5.74) is 1.11. The van der Waals surface area contributed by atoms with E-state index in [4.69, 9.17) is 0 Å². The van der Waals surface area contributed by atoms with Gasteiger partial charge in [0.15, 0.2) is 5.17 Å². The Morgan fingerprint density at radius 2 is 1.91 bits per heavy atom. The molecule has 9 heteroatoms. The van der Waals surface area contributed by atoms with Crippen LogP contribution in [0.5, 0.6) is 0 Å². The van der Waals surface area contributed by atoms with E-state index < -0.39 is 5.25 Å². The molecule has 0 unspecified atom stereocenters. The Morgan fingerprint density at radius 1 is 1.16 bits per heavy atom. The minimum Gasteiger partial charge on any atom is -0.351 e. The lowest BCUT2D eigenvalue weighted by molar-refractivity contribution is -0.121. The van der Waals surface area contributed by atoms with E-state index in [9.17, 15) is 14.4 Å². The summed E-state index contributed by atoms with van der Waals surface area (Å²) >= 11 is 2.99. The molecular weight excluding hydrogens is 444 g/mol. The Hall–Kier alpha value is -2.65. The van der Waals surface area contributed by atoms with Gasteiger partial charge in [-0.05, 0) is 61.9 Å². The van der Waals surface area contributed by atoms with Crippen LogP contribution >= 0.6 is 23.1 Å². The lowest BCUT2D eigenvalue weighted by Crippen LogP contribution is -2.33. The van der Waals surface area contributed by atoms with Crippen LogP contribution in [0.15, 0.2) is 46.8 Å². The fourth-order valence-electron chi connectivity index (χ4n) is 3.70. The molecule has 168 valence electrons. The van der Waals surface area contributed by atoms with E-state index in [-0.39, 0.29) is 30.2 Å². The van der Waals surface area contributed by atoms with Crippen molar-refractivity contribution in [3.05, 3.63) is 52.2 Å². The molecule has 4 rings (SSSR count). The molecule has 0 saturated carbocycles. The van der Waals surface area contributed by atoms with Crippen LogP contribution in [0.4, 0.5) is 5.69 Å². The molecule has 1 aromatic carbocycles. The van der Waals surface area contributed by atoms with E-state index in [0.717, 1.165) is 36.0 Å². The average molecular weight is 471 g/mol. The van der Waals surface area contributed by atoms with Gasteiger partial charge in [-0.3, -0.25) is 14.4 Å². The highest BCUT2D eigenvalue weighted by Gasteiger charge is 2.33. The molecule has 0 radical (unpaired) electrons. The first-order valence-corrected chi connectivity index (χ1v) is 12.5. The summed E-state index contributed by atoms with van der Waals surface area (Å²) in [6.45, 7) is 3.79. The fourth-order valence-corrected chi connectivity index (χ4v) is 5.56. The topological polar surface area (TPSA) is 90.9 Å². The molecule has 32 heavy (non-hydrogen) atoms. The Morgan fingerprint density at radius 3 is 2.59 bits per heavy atom. The summed E-state index contributed by atoms with van der Waals surface area (Å²) in [5.74, 6) is -0.647. The number of thiophene rings is 1. The molecule has 2 aromatic rings. The maximum absolute atomic E-state index is 12.5. The number of likely N-dealkylation sites (tertiary alicyclic amines) is 1. The van der Waals surface area contributed by atoms with Crippen molar-refractivity contribution in [1.29, 1.82) is 0 Å². The van der Waals surface area contributed by atoms with Crippen molar-refractivity contribution in [2.75, 3.05) is 18.4 Å². The fraction of sp³-hybridized carbons (Fsp3) is 0.391. The lowest BCUT2D eigenvalue weighted by atomic mass is 10.1. The third kappa shape index (κ3) is 5.58. The van der Waals surface area contributed by atoms with Crippen molar-refractivity contribution in [2.45, 2.75) is 43.9 Å². The second kappa shape index (κ2) is 10.3. The van der Waals surface area contributed by atoms with Crippen LogP contribution in [0, 0.1) is 0 Å². The lowest BCUT2D eigenvalue weighted by Gasteiger charge is -2.27. The predicted octanol–water partition coefficient (Wildman–Crippen LogP) is 4.05. The zero-order valence-corrected chi connectivity index (χ0v) is 19.5. The molecule has 3 amide bonds. The molecule has 3 heterocycles. The van der Waals surface area contributed by atoms with E-state index in [1.54, 1.807) is 35.6 Å². The van der Waals surface area contributed by atoms with Gasteiger partial charge in [0.25, 0.3) is 11.8 Å². The van der Waals surface area contributed by atoms with Crippen LogP contribution in [0.3, 0.4) is 0 Å². The quantitative estimate of drug-likeness (QED) is 0.665. The molecule has 0 aliphatic carbocycles. The van der Waals surface area contributed by atoms with Crippen molar-refractivity contribution in [3.63, 3.8) is 0 Å². The number of hydrogen-bond donors (Lipinski definition) is 2.